The Bertz CT molecular complexity index is 638. The van der Waals surface area contributed by atoms with E-state index in [0.29, 0.717) is 0 Å². The van der Waals surface area contributed by atoms with Crippen LogP contribution in [0, 0.1) is 11.8 Å². The Hall–Kier alpha value is -2.58. The SMILES string of the molecule is CC(=O)OC[C@H]1O[C@H](C#Cc2ccccc2)C=C[C@H]1OC(C)=O. The van der Waals surface area contributed by atoms with Crippen molar-refractivity contribution in [2.24, 2.45) is 0 Å². The van der Waals surface area contributed by atoms with Gasteiger partial charge in [-0.2, -0.15) is 0 Å². The van der Waals surface area contributed by atoms with E-state index in [1.54, 1.807) is 12.2 Å². The maximum Gasteiger partial charge on any atom is 0.303 e. The average molecular weight is 314 g/mol. The summed E-state index contributed by atoms with van der Waals surface area (Å²) in [5.41, 5.74) is 0.878. The first-order chi connectivity index (χ1) is 11.0. The van der Waals surface area contributed by atoms with Crippen molar-refractivity contribution in [1.82, 2.24) is 0 Å². The van der Waals surface area contributed by atoms with Crippen LogP contribution in [0.2, 0.25) is 0 Å². The average Bonchev–Trinajstić information content (AvgIpc) is 2.53. The van der Waals surface area contributed by atoms with Gasteiger partial charge in [-0.25, -0.2) is 0 Å². The lowest BCUT2D eigenvalue weighted by Gasteiger charge is -2.29. The molecule has 0 spiro atoms. The first-order valence-electron chi connectivity index (χ1n) is 7.25. The van der Waals surface area contributed by atoms with Gasteiger partial charge in [0.25, 0.3) is 0 Å². The highest BCUT2D eigenvalue weighted by Crippen LogP contribution is 2.17. The molecule has 2 rings (SSSR count). The summed E-state index contributed by atoms with van der Waals surface area (Å²) in [5.74, 6) is 5.16. The number of rotatable bonds is 3. The molecule has 0 amide bonds. The standard InChI is InChI=1S/C18H18O5/c1-13(19)21-12-18-17(22-14(2)20)11-10-16(23-18)9-8-15-6-4-3-5-7-15/h3-7,10-11,16-18H,12H2,1-2H3/t16-,17-,18-/m1/s1. The van der Waals surface area contributed by atoms with Crippen LogP contribution in [0.3, 0.4) is 0 Å². The van der Waals surface area contributed by atoms with Gasteiger partial charge in [0, 0.05) is 19.4 Å². The molecule has 0 aliphatic carbocycles. The van der Waals surface area contributed by atoms with E-state index in [4.69, 9.17) is 14.2 Å². The predicted molar refractivity (Wildman–Crippen MR) is 83.3 cm³/mol. The van der Waals surface area contributed by atoms with Crippen LogP contribution in [0.4, 0.5) is 0 Å². The summed E-state index contributed by atoms with van der Waals surface area (Å²) in [6, 6.07) is 9.53. The van der Waals surface area contributed by atoms with E-state index < -0.39 is 30.3 Å². The minimum absolute atomic E-state index is 0.00113. The molecule has 23 heavy (non-hydrogen) atoms. The largest absolute Gasteiger partial charge is 0.463 e. The Balaban J connectivity index is 2.07. The van der Waals surface area contributed by atoms with Crippen LogP contribution in [-0.4, -0.2) is 36.9 Å². The second-order valence-corrected chi connectivity index (χ2v) is 4.99. The summed E-state index contributed by atoms with van der Waals surface area (Å²) in [7, 11) is 0. The molecule has 0 aromatic heterocycles. The minimum Gasteiger partial charge on any atom is -0.463 e. The third-order valence-electron chi connectivity index (χ3n) is 3.05. The number of ether oxygens (including phenoxy) is 3. The highest BCUT2D eigenvalue weighted by Gasteiger charge is 2.29. The number of carbonyl (C=O) groups excluding carboxylic acids is 2. The van der Waals surface area contributed by atoms with Crippen molar-refractivity contribution >= 4 is 11.9 Å². The number of esters is 2. The zero-order chi connectivity index (χ0) is 16.7. The molecule has 1 heterocycles. The van der Waals surface area contributed by atoms with Gasteiger partial charge >= 0.3 is 11.9 Å². The molecular formula is C18H18O5. The quantitative estimate of drug-likeness (QED) is 0.484. The van der Waals surface area contributed by atoms with Gasteiger partial charge in [0.1, 0.15) is 24.9 Å². The lowest BCUT2D eigenvalue weighted by Crippen LogP contribution is -2.41. The first kappa shape index (κ1) is 16.8. The zero-order valence-corrected chi connectivity index (χ0v) is 13.0. The second kappa shape index (κ2) is 8.16. The van der Waals surface area contributed by atoms with Crippen LogP contribution >= 0.6 is 0 Å². The third kappa shape index (κ3) is 5.61. The fraction of sp³-hybridized carbons (Fsp3) is 0.333. The van der Waals surface area contributed by atoms with E-state index in [1.807, 2.05) is 30.3 Å². The molecule has 0 saturated carbocycles. The Kier molecular flexibility index (Phi) is 5.95. The molecule has 0 saturated heterocycles. The van der Waals surface area contributed by atoms with E-state index in [2.05, 4.69) is 11.8 Å². The van der Waals surface area contributed by atoms with Crippen LogP contribution in [0.1, 0.15) is 19.4 Å². The van der Waals surface area contributed by atoms with Gasteiger partial charge in [0.05, 0.1) is 0 Å². The van der Waals surface area contributed by atoms with Gasteiger partial charge in [-0.3, -0.25) is 9.59 Å². The smallest absolute Gasteiger partial charge is 0.303 e. The molecule has 0 bridgehead atoms. The Labute approximate surface area is 135 Å². The van der Waals surface area contributed by atoms with Gasteiger partial charge in [0.15, 0.2) is 0 Å². The molecule has 1 aromatic carbocycles. The summed E-state index contributed by atoms with van der Waals surface area (Å²) in [5, 5.41) is 0. The molecule has 0 radical (unpaired) electrons. The van der Waals surface area contributed by atoms with Gasteiger partial charge in [-0.1, -0.05) is 30.0 Å². The van der Waals surface area contributed by atoms with Crippen LogP contribution in [0.15, 0.2) is 42.5 Å². The lowest BCUT2D eigenvalue weighted by molar-refractivity contribution is -0.161. The van der Waals surface area contributed by atoms with Crippen LogP contribution in [0.5, 0.6) is 0 Å². The lowest BCUT2D eigenvalue weighted by atomic mass is 10.1. The summed E-state index contributed by atoms with van der Waals surface area (Å²) >= 11 is 0. The number of hydrogen-bond acceptors (Lipinski definition) is 5. The molecule has 0 fully saturated rings. The molecule has 3 atom stereocenters. The van der Waals surface area contributed by atoms with E-state index in [9.17, 15) is 9.59 Å². The van der Waals surface area contributed by atoms with Crippen molar-refractivity contribution in [3.8, 4) is 11.8 Å². The highest BCUT2D eigenvalue weighted by molar-refractivity contribution is 5.67. The van der Waals surface area contributed by atoms with Gasteiger partial charge in [0.2, 0.25) is 0 Å². The van der Waals surface area contributed by atoms with Crippen LogP contribution in [-0.2, 0) is 23.8 Å². The Morgan fingerprint density at radius 1 is 1.13 bits per heavy atom. The predicted octanol–water partition coefficient (Wildman–Crippen LogP) is 1.86. The van der Waals surface area contributed by atoms with E-state index in [-0.39, 0.29) is 6.61 Å². The van der Waals surface area contributed by atoms with Crippen molar-refractivity contribution in [2.75, 3.05) is 6.61 Å². The van der Waals surface area contributed by atoms with Gasteiger partial charge < -0.3 is 14.2 Å². The van der Waals surface area contributed by atoms with Gasteiger partial charge in [-0.15, -0.1) is 0 Å². The third-order valence-corrected chi connectivity index (χ3v) is 3.05. The normalized spacial score (nSPS) is 22.6. The maximum atomic E-state index is 11.1. The summed E-state index contributed by atoms with van der Waals surface area (Å²) in [4.78, 5) is 22.1. The van der Waals surface area contributed by atoms with Crippen molar-refractivity contribution < 1.29 is 23.8 Å². The van der Waals surface area contributed by atoms with Crippen molar-refractivity contribution in [3.05, 3.63) is 48.0 Å². The Morgan fingerprint density at radius 3 is 2.52 bits per heavy atom. The van der Waals surface area contributed by atoms with Crippen LogP contribution in [0.25, 0.3) is 0 Å². The topological polar surface area (TPSA) is 61.8 Å². The molecule has 1 aliphatic rings. The maximum absolute atomic E-state index is 11.1. The number of carbonyl (C=O) groups is 2. The molecule has 1 aromatic rings. The first-order valence-corrected chi connectivity index (χ1v) is 7.25. The monoisotopic (exact) mass is 314 g/mol. The van der Waals surface area contributed by atoms with Crippen molar-refractivity contribution in [1.29, 1.82) is 0 Å². The number of hydrogen-bond donors (Lipinski definition) is 0. The van der Waals surface area contributed by atoms with Crippen LogP contribution < -0.4 is 0 Å². The summed E-state index contributed by atoms with van der Waals surface area (Å²) in [6.45, 7) is 2.63. The zero-order valence-electron chi connectivity index (χ0n) is 13.0. The molecule has 5 heteroatoms. The molecule has 1 aliphatic heterocycles. The molecule has 5 nitrogen and oxygen atoms in total. The Morgan fingerprint density at radius 2 is 1.87 bits per heavy atom. The number of benzene rings is 1. The van der Waals surface area contributed by atoms with Gasteiger partial charge in [-0.05, 0) is 24.3 Å². The van der Waals surface area contributed by atoms with Crippen molar-refractivity contribution in [2.45, 2.75) is 32.2 Å². The molecule has 0 N–H and O–H groups in total. The van der Waals surface area contributed by atoms with E-state index >= 15 is 0 Å². The fourth-order valence-electron chi connectivity index (χ4n) is 2.04. The van der Waals surface area contributed by atoms with E-state index in [0.717, 1.165) is 5.56 Å². The van der Waals surface area contributed by atoms with Crippen molar-refractivity contribution in [3.63, 3.8) is 0 Å². The molecule has 120 valence electrons. The highest BCUT2D eigenvalue weighted by atomic mass is 16.6. The fourth-order valence-corrected chi connectivity index (χ4v) is 2.04. The summed E-state index contributed by atoms with van der Waals surface area (Å²) < 4.78 is 15.9. The minimum atomic E-state index is -0.596. The molecular weight excluding hydrogens is 296 g/mol. The van der Waals surface area contributed by atoms with E-state index in [1.165, 1.54) is 13.8 Å². The molecule has 0 unspecified atom stereocenters. The summed E-state index contributed by atoms with van der Waals surface area (Å²) in [6.07, 6.45) is 1.81. The second-order valence-electron chi connectivity index (χ2n) is 4.99.